The summed E-state index contributed by atoms with van der Waals surface area (Å²) in [6, 6.07) is 4.10. The van der Waals surface area contributed by atoms with E-state index in [1.54, 1.807) is 0 Å². The summed E-state index contributed by atoms with van der Waals surface area (Å²) in [4.78, 5) is 15.3. The second kappa shape index (κ2) is 5.67. The van der Waals surface area contributed by atoms with E-state index in [1.165, 1.54) is 17.7 Å². The zero-order chi connectivity index (χ0) is 13.9. The first kappa shape index (κ1) is 14.0. The maximum Gasteiger partial charge on any atom is 0.338 e. The molecule has 5 N–H and O–H groups in total. The van der Waals surface area contributed by atoms with Gasteiger partial charge in [0.05, 0.1) is 0 Å². The van der Waals surface area contributed by atoms with Gasteiger partial charge in [0.2, 0.25) is 0 Å². The van der Waals surface area contributed by atoms with Crippen LogP contribution in [0.3, 0.4) is 0 Å². The molecule has 1 atom stereocenters. The van der Waals surface area contributed by atoms with Crippen molar-refractivity contribution >= 4 is 5.97 Å². The van der Waals surface area contributed by atoms with Gasteiger partial charge in [-0.05, 0) is 50.2 Å². The Morgan fingerprint density at radius 1 is 1.53 bits per heavy atom. The Bertz CT molecular complexity index is 460. The molecular formula is C14H21N3O2. The molecule has 1 aromatic heterocycles. The molecule has 0 bridgehead atoms. The molecule has 0 radical (unpaired) electrons. The third-order valence-electron chi connectivity index (χ3n) is 3.85. The van der Waals surface area contributed by atoms with Crippen molar-refractivity contribution in [1.82, 2.24) is 4.98 Å². The zero-order valence-electron chi connectivity index (χ0n) is 11.0. The molecule has 1 aromatic rings. The van der Waals surface area contributed by atoms with Crippen LogP contribution in [0.5, 0.6) is 0 Å². The number of fused-ring (bicyclic) bond motifs is 1. The minimum absolute atomic E-state index is 0.293. The number of carboxylic acid groups (broad SMARTS) is 1. The number of aliphatic carboxylic acids is 1. The minimum atomic E-state index is -1.61. The van der Waals surface area contributed by atoms with Gasteiger partial charge in [0, 0.05) is 17.8 Å². The van der Waals surface area contributed by atoms with Gasteiger partial charge in [0.1, 0.15) is 0 Å². The number of nitrogens with zero attached hydrogens (tertiary/aromatic N) is 1. The van der Waals surface area contributed by atoms with Crippen molar-refractivity contribution in [2.24, 2.45) is 11.5 Å². The molecule has 0 aromatic carbocycles. The highest BCUT2D eigenvalue weighted by Crippen LogP contribution is 2.33. The molecule has 5 heteroatoms. The highest BCUT2D eigenvalue weighted by Gasteiger charge is 2.29. The van der Waals surface area contributed by atoms with Crippen molar-refractivity contribution in [1.29, 1.82) is 0 Å². The highest BCUT2D eigenvalue weighted by molar-refractivity contribution is 5.77. The standard InChI is InChI=1S/C14H21N3O2/c15-14(16,13(18)19)8-2-6-10-4-1-5-11-7-3-9-17-12(10)11/h3,7,9-10H,1-2,4-6,8,15-16H2,(H,18,19)/t10-/m0/s1. The van der Waals surface area contributed by atoms with E-state index in [2.05, 4.69) is 11.1 Å². The van der Waals surface area contributed by atoms with E-state index in [-0.39, 0.29) is 0 Å². The number of aromatic nitrogens is 1. The molecule has 19 heavy (non-hydrogen) atoms. The zero-order valence-corrected chi connectivity index (χ0v) is 11.0. The Labute approximate surface area is 113 Å². The predicted molar refractivity (Wildman–Crippen MR) is 72.5 cm³/mol. The van der Waals surface area contributed by atoms with Crippen molar-refractivity contribution in [2.45, 2.75) is 50.1 Å². The summed E-state index contributed by atoms with van der Waals surface area (Å²) in [6.45, 7) is 0. The molecule has 0 spiro atoms. The lowest BCUT2D eigenvalue weighted by Crippen LogP contribution is -2.56. The highest BCUT2D eigenvalue weighted by atomic mass is 16.4. The van der Waals surface area contributed by atoms with Crippen molar-refractivity contribution in [3.05, 3.63) is 29.6 Å². The van der Waals surface area contributed by atoms with Crippen LogP contribution in [0.25, 0.3) is 0 Å². The van der Waals surface area contributed by atoms with Gasteiger partial charge < -0.3 is 16.6 Å². The SMILES string of the molecule is NC(N)(CCC[C@@H]1CCCc2cccnc21)C(=O)O. The number of carbonyl (C=O) groups is 1. The summed E-state index contributed by atoms with van der Waals surface area (Å²) in [5.74, 6) is -0.732. The number of aryl methyl sites for hydroxylation is 1. The summed E-state index contributed by atoms with van der Waals surface area (Å²) in [7, 11) is 0. The first-order valence-electron chi connectivity index (χ1n) is 6.75. The van der Waals surface area contributed by atoms with Gasteiger partial charge in [0.25, 0.3) is 0 Å². The quantitative estimate of drug-likeness (QED) is 0.696. The predicted octanol–water partition coefficient (Wildman–Crippen LogP) is 1.37. The molecule has 1 aliphatic rings. The molecule has 5 nitrogen and oxygen atoms in total. The Hall–Kier alpha value is -1.46. The Balaban J connectivity index is 1.93. The number of hydrogen-bond donors (Lipinski definition) is 3. The fourth-order valence-electron chi connectivity index (χ4n) is 2.73. The van der Waals surface area contributed by atoms with Gasteiger partial charge in [-0.25, -0.2) is 4.79 Å². The monoisotopic (exact) mass is 263 g/mol. The van der Waals surface area contributed by atoms with Crippen molar-refractivity contribution in [2.75, 3.05) is 0 Å². The van der Waals surface area contributed by atoms with E-state index in [9.17, 15) is 4.79 Å². The molecule has 104 valence electrons. The number of rotatable bonds is 5. The molecule has 0 amide bonds. The van der Waals surface area contributed by atoms with E-state index in [0.29, 0.717) is 18.8 Å². The van der Waals surface area contributed by atoms with E-state index >= 15 is 0 Å². The lowest BCUT2D eigenvalue weighted by Gasteiger charge is -2.25. The summed E-state index contributed by atoms with van der Waals surface area (Å²) in [5.41, 5.74) is 11.9. The molecular weight excluding hydrogens is 242 g/mol. The molecule has 0 saturated heterocycles. The average molecular weight is 263 g/mol. The van der Waals surface area contributed by atoms with Gasteiger partial charge in [-0.3, -0.25) is 4.98 Å². The van der Waals surface area contributed by atoms with Gasteiger partial charge in [0.15, 0.2) is 5.66 Å². The summed E-state index contributed by atoms with van der Waals surface area (Å²) < 4.78 is 0. The van der Waals surface area contributed by atoms with Gasteiger partial charge in [-0.15, -0.1) is 0 Å². The van der Waals surface area contributed by atoms with E-state index < -0.39 is 11.6 Å². The van der Waals surface area contributed by atoms with Crippen LogP contribution in [-0.4, -0.2) is 21.7 Å². The van der Waals surface area contributed by atoms with Gasteiger partial charge in [-0.1, -0.05) is 6.07 Å². The molecule has 0 fully saturated rings. The van der Waals surface area contributed by atoms with Crippen LogP contribution in [0.4, 0.5) is 0 Å². The van der Waals surface area contributed by atoms with Crippen LogP contribution >= 0.6 is 0 Å². The normalized spacial score (nSPS) is 18.9. The van der Waals surface area contributed by atoms with E-state index in [4.69, 9.17) is 16.6 Å². The number of carboxylic acids is 1. The molecule has 1 aliphatic carbocycles. The van der Waals surface area contributed by atoms with Crippen molar-refractivity contribution < 1.29 is 9.90 Å². The Kier molecular flexibility index (Phi) is 4.17. The second-order valence-electron chi connectivity index (χ2n) is 5.37. The van der Waals surface area contributed by atoms with Crippen LogP contribution < -0.4 is 11.5 Å². The summed E-state index contributed by atoms with van der Waals surface area (Å²) in [5, 5.41) is 8.87. The number of nitrogens with two attached hydrogens (primary N) is 2. The average Bonchev–Trinajstić information content (AvgIpc) is 2.38. The fraction of sp³-hybridized carbons (Fsp3) is 0.571. The van der Waals surface area contributed by atoms with Crippen LogP contribution in [0.15, 0.2) is 18.3 Å². The van der Waals surface area contributed by atoms with Crippen LogP contribution in [0.1, 0.15) is 49.3 Å². The first-order chi connectivity index (χ1) is 9.00. The van der Waals surface area contributed by atoms with Crippen molar-refractivity contribution in [3.63, 3.8) is 0 Å². The Morgan fingerprint density at radius 2 is 2.32 bits per heavy atom. The minimum Gasteiger partial charge on any atom is -0.479 e. The smallest absolute Gasteiger partial charge is 0.338 e. The lowest BCUT2D eigenvalue weighted by molar-refractivity contribution is -0.143. The second-order valence-corrected chi connectivity index (χ2v) is 5.37. The molecule has 0 aliphatic heterocycles. The lowest BCUT2D eigenvalue weighted by atomic mass is 9.83. The van der Waals surface area contributed by atoms with E-state index in [0.717, 1.165) is 19.3 Å². The molecule has 0 unspecified atom stereocenters. The Morgan fingerprint density at radius 3 is 3.05 bits per heavy atom. The van der Waals surface area contributed by atoms with Crippen LogP contribution in [0, 0.1) is 0 Å². The summed E-state index contributed by atoms with van der Waals surface area (Å²) >= 11 is 0. The van der Waals surface area contributed by atoms with Gasteiger partial charge in [-0.2, -0.15) is 0 Å². The van der Waals surface area contributed by atoms with Crippen LogP contribution in [0.2, 0.25) is 0 Å². The largest absolute Gasteiger partial charge is 0.479 e. The maximum absolute atomic E-state index is 10.8. The molecule has 2 rings (SSSR count). The van der Waals surface area contributed by atoms with Crippen molar-refractivity contribution in [3.8, 4) is 0 Å². The van der Waals surface area contributed by atoms with Crippen LogP contribution in [-0.2, 0) is 11.2 Å². The summed E-state index contributed by atoms with van der Waals surface area (Å²) in [6.07, 6.45) is 7.09. The van der Waals surface area contributed by atoms with E-state index in [1.807, 2.05) is 12.3 Å². The molecule has 1 heterocycles. The third kappa shape index (κ3) is 3.30. The van der Waals surface area contributed by atoms with Gasteiger partial charge >= 0.3 is 5.97 Å². The topological polar surface area (TPSA) is 102 Å². The molecule has 0 saturated carbocycles. The first-order valence-corrected chi connectivity index (χ1v) is 6.75. The maximum atomic E-state index is 10.8. The number of pyridine rings is 1. The third-order valence-corrected chi connectivity index (χ3v) is 3.85. The number of hydrogen-bond acceptors (Lipinski definition) is 4. The fourth-order valence-corrected chi connectivity index (χ4v) is 2.73.